The van der Waals surface area contributed by atoms with Gasteiger partial charge in [-0.3, -0.25) is 4.18 Å². The van der Waals surface area contributed by atoms with E-state index in [4.69, 9.17) is 4.74 Å². The zero-order chi connectivity index (χ0) is 23.8. The Morgan fingerprint density at radius 2 is 1.16 bits per heavy atom. The predicted octanol–water partition coefficient (Wildman–Crippen LogP) is 5.84. The van der Waals surface area contributed by atoms with E-state index < -0.39 is 10.4 Å². The van der Waals surface area contributed by atoms with Crippen LogP contribution in [0.4, 0.5) is 0 Å². The van der Waals surface area contributed by atoms with E-state index in [0.29, 0.717) is 0 Å². The van der Waals surface area contributed by atoms with Gasteiger partial charge in [0.2, 0.25) is 10.4 Å². The molecule has 0 fully saturated rings. The van der Waals surface area contributed by atoms with Crippen LogP contribution in [0.15, 0.2) is 12.2 Å². The molecule has 0 aromatic carbocycles. The normalized spacial score (nSPS) is 12.2. The molecule has 188 valence electrons. The predicted molar refractivity (Wildman–Crippen MR) is 130 cm³/mol. The van der Waals surface area contributed by atoms with Crippen LogP contribution in [0, 0.1) is 0 Å². The maximum Gasteiger partial charge on any atom is 0.217 e. The summed E-state index contributed by atoms with van der Waals surface area (Å²) < 4.78 is 37.7. The van der Waals surface area contributed by atoms with Crippen molar-refractivity contribution in [1.29, 1.82) is 0 Å². The van der Waals surface area contributed by atoms with Crippen LogP contribution in [-0.4, -0.2) is 65.5 Å². The minimum atomic E-state index is -4.41. The molecule has 0 saturated carbocycles. The van der Waals surface area contributed by atoms with Crippen molar-refractivity contribution in [1.82, 2.24) is 0 Å². The van der Waals surface area contributed by atoms with E-state index in [2.05, 4.69) is 44.4 Å². The van der Waals surface area contributed by atoms with Gasteiger partial charge in [-0.2, -0.15) is 0 Å². The molecule has 7 heteroatoms. The van der Waals surface area contributed by atoms with Gasteiger partial charge in [-0.1, -0.05) is 76.9 Å². The molecule has 31 heavy (non-hydrogen) atoms. The summed E-state index contributed by atoms with van der Waals surface area (Å²) in [6.45, 7) is 5.23. The Morgan fingerprint density at radius 3 is 1.58 bits per heavy atom. The number of quaternary nitrogens is 1. The first-order valence-corrected chi connectivity index (χ1v) is 13.5. The highest BCUT2D eigenvalue weighted by Gasteiger charge is 2.05. The van der Waals surface area contributed by atoms with Crippen molar-refractivity contribution < 1.29 is 26.4 Å². The third-order valence-electron chi connectivity index (χ3n) is 4.91. The average Bonchev–Trinajstić information content (AvgIpc) is 2.69. The molecule has 0 aromatic rings. The Kier molecular flexibility index (Phi) is 24.0. The van der Waals surface area contributed by atoms with E-state index in [-0.39, 0.29) is 0 Å². The zero-order valence-electron chi connectivity index (χ0n) is 21.1. The van der Waals surface area contributed by atoms with E-state index in [1.807, 2.05) is 0 Å². The number of nitrogens with zero attached hydrogens (tertiary/aromatic N) is 1. The van der Waals surface area contributed by atoms with Crippen LogP contribution in [-0.2, 0) is 19.3 Å². The first-order valence-electron chi connectivity index (χ1n) is 12.2. The second kappa shape index (κ2) is 22.7. The van der Waals surface area contributed by atoms with Crippen molar-refractivity contribution in [2.75, 3.05) is 48.0 Å². The van der Waals surface area contributed by atoms with E-state index in [1.54, 1.807) is 0 Å². The van der Waals surface area contributed by atoms with Crippen LogP contribution in [0.2, 0.25) is 0 Å². The first-order chi connectivity index (χ1) is 14.6. The molecular formula is C24H51NO5S. The molecule has 0 spiro atoms. The van der Waals surface area contributed by atoms with Crippen molar-refractivity contribution in [2.45, 2.75) is 96.8 Å². The number of hydrogen-bond donors (Lipinski definition) is 0. The van der Waals surface area contributed by atoms with Gasteiger partial charge in [0, 0.05) is 6.61 Å². The number of hydrogen-bond acceptors (Lipinski definition) is 5. The molecule has 0 radical (unpaired) electrons. The second-order valence-electron chi connectivity index (χ2n) is 9.14. The van der Waals surface area contributed by atoms with Crippen molar-refractivity contribution in [3.63, 3.8) is 0 Å². The molecule has 0 aliphatic carbocycles. The fourth-order valence-electron chi connectivity index (χ4n) is 2.89. The van der Waals surface area contributed by atoms with Crippen LogP contribution in [0.3, 0.4) is 0 Å². The quantitative estimate of drug-likeness (QED) is 0.0742. The minimum Gasteiger partial charge on any atom is -0.726 e. The highest BCUT2D eigenvalue weighted by atomic mass is 32.3. The smallest absolute Gasteiger partial charge is 0.217 e. The Labute approximate surface area is 193 Å². The molecule has 0 saturated heterocycles. The highest BCUT2D eigenvalue weighted by Crippen LogP contribution is 2.10. The summed E-state index contributed by atoms with van der Waals surface area (Å²) in [6.07, 6.45) is 23.9. The molecule has 0 aliphatic heterocycles. The van der Waals surface area contributed by atoms with Crippen LogP contribution in [0.5, 0.6) is 0 Å². The lowest BCUT2D eigenvalue weighted by molar-refractivity contribution is -0.870. The number of rotatable bonds is 20. The van der Waals surface area contributed by atoms with E-state index in [9.17, 15) is 13.0 Å². The largest absolute Gasteiger partial charge is 0.726 e. The summed E-state index contributed by atoms with van der Waals surface area (Å²) in [4.78, 5) is 0. The van der Waals surface area contributed by atoms with Gasteiger partial charge >= 0.3 is 0 Å². The maximum absolute atomic E-state index is 9.22. The standard InChI is InChI=1S/C23H48NO.CH4O4S/c1-5-6-7-8-9-10-11-12-13-14-15-16-17-18-19-20-22-25-23-21-24(2,3)4;1-5-6(2,3)4/h12-13H,5-11,14-23H2,1-4H3;1H3,(H,2,3,4)/q+1;/p-1/b13-12-;. The molecule has 0 aromatic heterocycles. The molecule has 6 nitrogen and oxygen atoms in total. The van der Waals surface area contributed by atoms with Crippen molar-refractivity contribution >= 4 is 10.4 Å². The Balaban J connectivity index is 0. The summed E-state index contributed by atoms with van der Waals surface area (Å²) in [5, 5.41) is 0. The van der Waals surface area contributed by atoms with Gasteiger partial charge in [0.25, 0.3) is 0 Å². The van der Waals surface area contributed by atoms with Crippen molar-refractivity contribution in [3.05, 3.63) is 12.2 Å². The third-order valence-corrected chi connectivity index (χ3v) is 5.32. The number of likely N-dealkylation sites (N-methyl/N-ethyl adjacent to an activating group) is 1. The highest BCUT2D eigenvalue weighted by molar-refractivity contribution is 7.80. The van der Waals surface area contributed by atoms with Crippen LogP contribution in [0.25, 0.3) is 0 Å². The van der Waals surface area contributed by atoms with Crippen LogP contribution < -0.4 is 0 Å². The molecule has 0 unspecified atom stereocenters. The lowest BCUT2D eigenvalue weighted by Crippen LogP contribution is -2.37. The fraction of sp³-hybridized carbons (Fsp3) is 0.917. The number of allylic oxidation sites excluding steroid dienone is 2. The molecule has 0 atom stereocenters. The van der Waals surface area contributed by atoms with Gasteiger partial charge < -0.3 is 13.8 Å². The topological polar surface area (TPSA) is 75.7 Å². The summed E-state index contributed by atoms with van der Waals surface area (Å²) in [5.41, 5.74) is 0. The van der Waals surface area contributed by atoms with Crippen molar-refractivity contribution in [2.24, 2.45) is 0 Å². The van der Waals surface area contributed by atoms with Gasteiger partial charge in [0.05, 0.1) is 34.9 Å². The molecule has 0 amide bonds. The van der Waals surface area contributed by atoms with E-state index in [0.717, 1.165) is 31.4 Å². The van der Waals surface area contributed by atoms with Crippen LogP contribution >= 0.6 is 0 Å². The molecule has 0 aliphatic rings. The van der Waals surface area contributed by atoms with Gasteiger partial charge in [-0.05, 0) is 32.1 Å². The van der Waals surface area contributed by atoms with Crippen molar-refractivity contribution in [3.8, 4) is 0 Å². The Hall–Kier alpha value is -0.470. The first kappa shape index (κ1) is 32.7. The maximum atomic E-state index is 9.22. The molecule has 0 heterocycles. The fourth-order valence-corrected chi connectivity index (χ4v) is 2.89. The Bertz CT molecular complexity index is 487. The summed E-state index contributed by atoms with van der Waals surface area (Å²) in [5.74, 6) is 0. The van der Waals surface area contributed by atoms with Crippen LogP contribution in [0.1, 0.15) is 96.8 Å². The number of unbranched alkanes of at least 4 members (excludes halogenated alkanes) is 12. The summed E-state index contributed by atoms with van der Waals surface area (Å²) >= 11 is 0. The van der Waals surface area contributed by atoms with Gasteiger partial charge in [0.15, 0.2) is 0 Å². The Morgan fingerprint density at radius 1 is 0.742 bits per heavy atom. The van der Waals surface area contributed by atoms with Gasteiger partial charge in [-0.15, -0.1) is 0 Å². The summed E-state index contributed by atoms with van der Waals surface area (Å²) in [6, 6.07) is 0. The lowest BCUT2D eigenvalue weighted by Gasteiger charge is -2.23. The minimum absolute atomic E-state index is 0.808. The summed E-state index contributed by atoms with van der Waals surface area (Å²) in [7, 11) is 3.04. The molecular weight excluding hydrogens is 414 g/mol. The molecule has 0 bridgehead atoms. The third kappa shape index (κ3) is 37.2. The van der Waals surface area contributed by atoms with Gasteiger partial charge in [0.1, 0.15) is 6.54 Å². The molecule has 0 rings (SSSR count). The second-order valence-corrected chi connectivity index (χ2v) is 10.3. The van der Waals surface area contributed by atoms with E-state index in [1.165, 1.54) is 89.9 Å². The SMILES string of the molecule is CCCCCCCC/C=C\CCCCCCCCOCC[N+](C)(C)C.COS(=O)(=O)[O-]. The number of ether oxygens (including phenoxy) is 1. The van der Waals surface area contributed by atoms with Gasteiger partial charge in [-0.25, -0.2) is 8.42 Å². The monoisotopic (exact) mass is 465 g/mol. The van der Waals surface area contributed by atoms with E-state index >= 15 is 0 Å². The molecule has 0 N–H and O–H groups in total. The zero-order valence-corrected chi connectivity index (χ0v) is 21.9. The lowest BCUT2D eigenvalue weighted by atomic mass is 10.1. The average molecular weight is 466 g/mol.